The lowest BCUT2D eigenvalue weighted by molar-refractivity contribution is 0.0588. The van der Waals surface area contributed by atoms with Crippen molar-refractivity contribution in [2.24, 2.45) is 0 Å². The zero-order valence-corrected chi connectivity index (χ0v) is 12.6. The molecule has 0 saturated carbocycles. The van der Waals surface area contributed by atoms with Crippen molar-refractivity contribution < 1.29 is 9.47 Å². The van der Waals surface area contributed by atoms with Crippen LogP contribution < -0.4 is 5.32 Å². The number of methoxy groups -OCH3 is 1. The van der Waals surface area contributed by atoms with Crippen LogP contribution in [0, 0.1) is 0 Å². The highest BCUT2D eigenvalue weighted by Crippen LogP contribution is 2.22. The Bertz CT molecular complexity index is 320. The molecule has 1 aromatic rings. The van der Waals surface area contributed by atoms with E-state index in [1.807, 2.05) is 6.07 Å². The van der Waals surface area contributed by atoms with Crippen molar-refractivity contribution in [1.29, 1.82) is 0 Å². The number of hydrogen-bond donors (Lipinski definition) is 1. The quantitative estimate of drug-likeness (QED) is 0.672. The van der Waals surface area contributed by atoms with Crippen molar-refractivity contribution in [1.82, 2.24) is 5.32 Å². The van der Waals surface area contributed by atoms with Crippen LogP contribution in [-0.2, 0) is 15.9 Å². The summed E-state index contributed by atoms with van der Waals surface area (Å²) < 4.78 is 11.4. The lowest BCUT2D eigenvalue weighted by Crippen LogP contribution is -2.36. The van der Waals surface area contributed by atoms with E-state index >= 15 is 0 Å². The number of thiophene rings is 1. The molecule has 5 heteroatoms. The molecule has 18 heavy (non-hydrogen) atoms. The second-order valence-electron chi connectivity index (χ2n) is 4.13. The summed E-state index contributed by atoms with van der Waals surface area (Å²) >= 11 is 7.58. The first-order chi connectivity index (χ1) is 8.76. The third-order valence-electron chi connectivity index (χ3n) is 2.51. The molecule has 1 N–H and O–H groups in total. The van der Waals surface area contributed by atoms with E-state index in [-0.39, 0.29) is 0 Å². The number of hydrogen-bond acceptors (Lipinski definition) is 4. The van der Waals surface area contributed by atoms with E-state index in [0.29, 0.717) is 25.9 Å². The number of ether oxygens (including phenoxy) is 2. The molecule has 0 spiro atoms. The molecule has 1 aromatic heterocycles. The molecular weight excluding hydrogens is 270 g/mol. The zero-order valence-electron chi connectivity index (χ0n) is 11.1. The van der Waals surface area contributed by atoms with E-state index in [1.54, 1.807) is 18.4 Å². The van der Waals surface area contributed by atoms with Gasteiger partial charge in [0.15, 0.2) is 0 Å². The molecule has 0 fully saturated rings. The average molecular weight is 292 g/mol. The molecule has 0 amide bonds. The van der Waals surface area contributed by atoms with E-state index in [1.165, 1.54) is 4.88 Å². The van der Waals surface area contributed by atoms with E-state index in [2.05, 4.69) is 18.3 Å². The van der Waals surface area contributed by atoms with Gasteiger partial charge in [0.2, 0.25) is 0 Å². The zero-order chi connectivity index (χ0) is 13.2. The van der Waals surface area contributed by atoms with Gasteiger partial charge in [0.05, 0.1) is 24.2 Å². The van der Waals surface area contributed by atoms with Crippen LogP contribution in [0.5, 0.6) is 0 Å². The molecule has 1 rings (SSSR count). The van der Waals surface area contributed by atoms with Crippen molar-refractivity contribution in [2.75, 3.05) is 33.5 Å². The van der Waals surface area contributed by atoms with Gasteiger partial charge in [-0.1, -0.05) is 18.5 Å². The van der Waals surface area contributed by atoms with Crippen LogP contribution in [0.2, 0.25) is 4.34 Å². The van der Waals surface area contributed by atoms with Gasteiger partial charge in [-0.25, -0.2) is 0 Å². The number of nitrogens with one attached hydrogen (secondary N) is 1. The summed E-state index contributed by atoms with van der Waals surface area (Å²) in [4.78, 5) is 1.30. The summed E-state index contributed by atoms with van der Waals surface area (Å²) in [6.07, 6.45) is 2.09. The van der Waals surface area contributed by atoms with Crippen LogP contribution >= 0.6 is 22.9 Å². The van der Waals surface area contributed by atoms with Crippen molar-refractivity contribution in [3.05, 3.63) is 21.3 Å². The second-order valence-corrected chi connectivity index (χ2v) is 5.93. The maximum Gasteiger partial charge on any atom is 0.0931 e. The Kier molecular flexibility index (Phi) is 8.63. The Balaban J connectivity index is 2.34. The van der Waals surface area contributed by atoms with E-state index in [4.69, 9.17) is 21.1 Å². The van der Waals surface area contributed by atoms with Gasteiger partial charge < -0.3 is 14.8 Å². The number of rotatable bonds is 10. The Morgan fingerprint density at radius 3 is 2.83 bits per heavy atom. The summed E-state index contributed by atoms with van der Waals surface area (Å²) in [6.45, 7) is 5.17. The molecule has 0 saturated heterocycles. The molecule has 1 unspecified atom stereocenters. The van der Waals surface area contributed by atoms with E-state index in [0.717, 1.165) is 23.7 Å². The van der Waals surface area contributed by atoms with Crippen molar-refractivity contribution in [3.63, 3.8) is 0 Å². The van der Waals surface area contributed by atoms with Gasteiger partial charge in [0.1, 0.15) is 0 Å². The summed E-state index contributed by atoms with van der Waals surface area (Å²) in [6, 6.07) is 4.38. The highest BCUT2D eigenvalue weighted by Gasteiger charge is 2.10. The summed E-state index contributed by atoms with van der Waals surface area (Å²) in [7, 11) is 1.68. The maximum absolute atomic E-state index is 5.94. The molecule has 1 atom stereocenters. The Labute approximate surface area is 118 Å². The van der Waals surface area contributed by atoms with Crippen molar-refractivity contribution in [2.45, 2.75) is 25.8 Å². The van der Waals surface area contributed by atoms with Gasteiger partial charge in [-0.05, 0) is 31.5 Å². The third-order valence-corrected chi connectivity index (χ3v) is 3.76. The molecule has 0 aliphatic heterocycles. The van der Waals surface area contributed by atoms with Crippen LogP contribution in [0.1, 0.15) is 18.2 Å². The standard InChI is InChI=1S/C13H22ClNO2S/c1-3-6-15-11(10-17-8-7-16-2)9-12-4-5-13(14)18-12/h4-5,11,15H,3,6-10H2,1-2H3. The van der Waals surface area contributed by atoms with Crippen LogP contribution in [0.15, 0.2) is 12.1 Å². The lowest BCUT2D eigenvalue weighted by Gasteiger charge is -2.17. The largest absolute Gasteiger partial charge is 0.382 e. The minimum absolute atomic E-state index is 0.344. The molecule has 1 heterocycles. The fraction of sp³-hybridized carbons (Fsp3) is 0.692. The van der Waals surface area contributed by atoms with Crippen LogP contribution in [-0.4, -0.2) is 39.5 Å². The Hall–Kier alpha value is -0.130. The lowest BCUT2D eigenvalue weighted by atomic mass is 10.2. The molecule has 104 valence electrons. The first kappa shape index (κ1) is 15.9. The smallest absolute Gasteiger partial charge is 0.0931 e. The first-order valence-electron chi connectivity index (χ1n) is 6.30. The van der Waals surface area contributed by atoms with Gasteiger partial charge >= 0.3 is 0 Å². The van der Waals surface area contributed by atoms with Crippen molar-refractivity contribution >= 4 is 22.9 Å². The number of halogens is 1. The Morgan fingerprint density at radius 2 is 2.22 bits per heavy atom. The molecule has 0 aromatic carbocycles. The SMILES string of the molecule is CCCNC(COCCOC)Cc1ccc(Cl)s1. The normalized spacial score (nSPS) is 12.8. The second kappa shape index (κ2) is 9.75. The summed E-state index contributed by atoms with van der Waals surface area (Å²) in [5.41, 5.74) is 0. The van der Waals surface area contributed by atoms with Crippen LogP contribution in [0.3, 0.4) is 0 Å². The maximum atomic E-state index is 5.94. The van der Waals surface area contributed by atoms with Crippen molar-refractivity contribution in [3.8, 4) is 0 Å². The fourth-order valence-corrected chi connectivity index (χ4v) is 2.78. The monoisotopic (exact) mass is 291 g/mol. The minimum atomic E-state index is 0.344. The minimum Gasteiger partial charge on any atom is -0.382 e. The first-order valence-corrected chi connectivity index (χ1v) is 7.50. The van der Waals surface area contributed by atoms with Gasteiger partial charge in [-0.3, -0.25) is 0 Å². The topological polar surface area (TPSA) is 30.5 Å². The molecule has 0 bridgehead atoms. The van der Waals surface area contributed by atoms with E-state index < -0.39 is 0 Å². The predicted molar refractivity (Wildman–Crippen MR) is 77.8 cm³/mol. The van der Waals surface area contributed by atoms with Gasteiger partial charge in [0, 0.05) is 18.0 Å². The molecule has 0 radical (unpaired) electrons. The highest BCUT2D eigenvalue weighted by atomic mass is 35.5. The van der Waals surface area contributed by atoms with E-state index in [9.17, 15) is 0 Å². The van der Waals surface area contributed by atoms with Crippen LogP contribution in [0.25, 0.3) is 0 Å². The summed E-state index contributed by atoms with van der Waals surface area (Å²) in [5, 5.41) is 3.50. The molecular formula is C13H22ClNO2S. The molecule has 0 aliphatic rings. The van der Waals surface area contributed by atoms with Gasteiger partial charge in [-0.2, -0.15) is 0 Å². The average Bonchev–Trinajstić information content (AvgIpc) is 2.77. The third kappa shape index (κ3) is 6.71. The Morgan fingerprint density at radius 1 is 1.39 bits per heavy atom. The van der Waals surface area contributed by atoms with Gasteiger partial charge in [0.25, 0.3) is 0 Å². The summed E-state index contributed by atoms with van der Waals surface area (Å²) in [5.74, 6) is 0. The molecule has 3 nitrogen and oxygen atoms in total. The van der Waals surface area contributed by atoms with Gasteiger partial charge in [-0.15, -0.1) is 11.3 Å². The highest BCUT2D eigenvalue weighted by molar-refractivity contribution is 7.16. The van der Waals surface area contributed by atoms with Crippen LogP contribution in [0.4, 0.5) is 0 Å². The fourth-order valence-electron chi connectivity index (χ4n) is 1.61. The molecule has 0 aliphatic carbocycles. The predicted octanol–water partition coefficient (Wildman–Crippen LogP) is 2.98.